The minimum atomic E-state index is -4.52. The fraction of sp³-hybridized carbons (Fsp3) is 0.643. The Morgan fingerprint density at radius 2 is 1.15 bits per heavy atom. The molecule has 0 saturated carbocycles. The van der Waals surface area contributed by atoms with Gasteiger partial charge in [-0.3, -0.25) is 0 Å². The van der Waals surface area contributed by atoms with Crippen molar-refractivity contribution < 1.29 is 18.4 Å². The van der Waals surface area contributed by atoms with Gasteiger partial charge in [0.2, 0.25) is 0 Å². The Hall–Kier alpha value is 0.141. The Labute approximate surface area is 248 Å². The molecule has 188 valence electrons. The van der Waals surface area contributed by atoms with Gasteiger partial charge in [0.25, 0.3) is 0 Å². The van der Waals surface area contributed by atoms with Crippen molar-refractivity contribution >= 4 is 69.8 Å². The van der Waals surface area contributed by atoms with Crippen LogP contribution in [0.3, 0.4) is 0 Å². The molecule has 0 fully saturated rings. The third-order valence-electron chi connectivity index (χ3n) is 6.49. The maximum Gasteiger partial charge on any atom is 2.00 e. The van der Waals surface area contributed by atoms with Crippen LogP contribution in [-0.2, 0) is 23.0 Å². The third-order valence-corrected chi connectivity index (χ3v) is 7.47. The van der Waals surface area contributed by atoms with Gasteiger partial charge in [-0.2, -0.15) is 0 Å². The number of fused-ring (bicyclic) bond motifs is 1. The Bertz CT molecular complexity index is 907. The first-order valence-electron chi connectivity index (χ1n) is 13.0. The van der Waals surface area contributed by atoms with Gasteiger partial charge in [0.05, 0.1) is 4.90 Å². The fourth-order valence-electron chi connectivity index (χ4n) is 4.59. The molecule has 0 aliphatic rings. The van der Waals surface area contributed by atoms with Crippen molar-refractivity contribution in [2.24, 2.45) is 0 Å². The predicted molar refractivity (Wildman–Crippen MR) is 143 cm³/mol. The molecule has 2 rings (SSSR count). The normalized spacial score (nSPS) is 11.3. The summed E-state index contributed by atoms with van der Waals surface area (Å²) in [6.45, 7) is 4.45. The number of unbranched alkanes of at least 4 members (excludes halogenated alkanes) is 12. The molecule has 6 heteroatoms. The molecule has 0 unspecified atom stereocenters. The molecule has 2 aromatic rings. The first-order valence-corrected chi connectivity index (χ1v) is 14.4. The van der Waals surface area contributed by atoms with Crippen molar-refractivity contribution in [3.05, 3.63) is 41.5 Å². The number of rotatable bonds is 17. The van der Waals surface area contributed by atoms with E-state index in [9.17, 15) is 13.0 Å². The van der Waals surface area contributed by atoms with Crippen LogP contribution >= 0.6 is 0 Å². The average molecular weight is 614 g/mol. The molecular weight excluding hydrogens is 570 g/mol. The number of benzene rings is 2. The second kappa shape index (κ2) is 19.3. The smallest absolute Gasteiger partial charge is 0.870 e. The summed E-state index contributed by atoms with van der Waals surface area (Å²) < 4.78 is 36.6. The van der Waals surface area contributed by atoms with Gasteiger partial charge in [0.15, 0.2) is 0 Å². The molecule has 1 N–H and O–H groups in total. The van der Waals surface area contributed by atoms with Crippen LogP contribution in [0.15, 0.2) is 35.2 Å². The van der Waals surface area contributed by atoms with Crippen molar-refractivity contribution in [3.8, 4) is 0 Å². The van der Waals surface area contributed by atoms with Gasteiger partial charge in [0, 0.05) is 0 Å². The molecule has 0 heterocycles. The SMILES string of the molecule is CCCCCCCCCc1ccc2ccc(CCCCCCCCC)c(S(=O)(=O)[O-])c2c1.[Ba+2].[OH-]. The molecular formula is C28H44BaO4S. The van der Waals surface area contributed by atoms with Crippen molar-refractivity contribution in [2.75, 3.05) is 0 Å². The van der Waals surface area contributed by atoms with Gasteiger partial charge in [-0.05, 0) is 53.6 Å². The minimum Gasteiger partial charge on any atom is -0.870 e. The van der Waals surface area contributed by atoms with E-state index < -0.39 is 10.1 Å². The van der Waals surface area contributed by atoms with Crippen molar-refractivity contribution in [2.45, 2.75) is 121 Å². The second-order valence-corrected chi connectivity index (χ2v) is 10.6. The number of hydrogen-bond donors (Lipinski definition) is 0. The van der Waals surface area contributed by atoms with Gasteiger partial charge >= 0.3 is 48.9 Å². The maximum absolute atomic E-state index is 12.2. The van der Waals surface area contributed by atoms with E-state index in [0.717, 1.165) is 36.6 Å². The van der Waals surface area contributed by atoms with Gasteiger partial charge in [0.1, 0.15) is 10.1 Å². The maximum atomic E-state index is 12.2. The second-order valence-electron chi connectivity index (χ2n) is 9.31. The van der Waals surface area contributed by atoms with Crippen molar-refractivity contribution in [1.82, 2.24) is 0 Å². The molecule has 0 aromatic heterocycles. The first kappa shape index (κ1) is 34.1. The largest absolute Gasteiger partial charge is 2.00 e. The first-order chi connectivity index (χ1) is 15.5. The van der Waals surface area contributed by atoms with Gasteiger partial charge in [-0.25, -0.2) is 8.42 Å². The summed E-state index contributed by atoms with van der Waals surface area (Å²) in [5, 5.41) is 1.45. The summed E-state index contributed by atoms with van der Waals surface area (Å²) in [5.74, 6) is 0. The van der Waals surface area contributed by atoms with E-state index >= 15 is 0 Å². The van der Waals surface area contributed by atoms with E-state index in [1.807, 2.05) is 24.3 Å². The standard InChI is InChI=1S/C28H44O3S.Ba.H2O/c1-3-5-7-9-11-13-15-17-24-19-20-25-21-22-26(18-16-14-12-10-8-6-4-2)28(27(25)23-24)32(29,30)31;;/h19-23H,3-18H2,1-2H3,(H,29,30,31);;1H2/q;+2;/p-2. The molecule has 34 heavy (non-hydrogen) atoms. The zero-order valence-corrected chi connectivity index (χ0v) is 26.7. The Balaban J connectivity index is 0.00000544. The van der Waals surface area contributed by atoms with Crippen LogP contribution in [0.25, 0.3) is 10.8 Å². The van der Waals surface area contributed by atoms with Crippen LogP contribution < -0.4 is 0 Å². The van der Waals surface area contributed by atoms with E-state index in [0.29, 0.717) is 17.4 Å². The van der Waals surface area contributed by atoms with E-state index in [4.69, 9.17) is 0 Å². The molecule has 0 bridgehead atoms. The van der Waals surface area contributed by atoms with E-state index in [1.165, 1.54) is 70.6 Å². The minimum absolute atomic E-state index is 0. The van der Waals surface area contributed by atoms with Crippen LogP contribution in [0.1, 0.15) is 115 Å². The fourth-order valence-corrected chi connectivity index (χ4v) is 5.53. The van der Waals surface area contributed by atoms with Crippen LogP contribution in [0.5, 0.6) is 0 Å². The summed E-state index contributed by atoms with van der Waals surface area (Å²) in [6.07, 6.45) is 18.6. The molecule has 0 radical (unpaired) electrons. The molecule has 0 aliphatic heterocycles. The van der Waals surface area contributed by atoms with Crippen LogP contribution in [0.2, 0.25) is 0 Å². The van der Waals surface area contributed by atoms with Gasteiger partial charge in [-0.15, -0.1) is 0 Å². The summed E-state index contributed by atoms with van der Waals surface area (Å²) in [6, 6.07) is 9.82. The zero-order valence-electron chi connectivity index (χ0n) is 21.5. The summed E-state index contributed by atoms with van der Waals surface area (Å²) in [7, 11) is -4.52. The van der Waals surface area contributed by atoms with E-state index in [-0.39, 0.29) is 59.3 Å². The third kappa shape index (κ3) is 12.4. The van der Waals surface area contributed by atoms with Gasteiger partial charge < -0.3 is 10.0 Å². The summed E-state index contributed by atoms with van der Waals surface area (Å²) in [4.78, 5) is 0.0161. The van der Waals surface area contributed by atoms with Gasteiger partial charge in [-0.1, -0.05) is 115 Å². The molecule has 0 saturated heterocycles. The van der Waals surface area contributed by atoms with E-state index in [2.05, 4.69) is 19.9 Å². The molecule has 0 aliphatic carbocycles. The van der Waals surface area contributed by atoms with Crippen molar-refractivity contribution in [3.63, 3.8) is 0 Å². The van der Waals surface area contributed by atoms with Crippen LogP contribution in [0, 0.1) is 0 Å². The monoisotopic (exact) mass is 614 g/mol. The topological polar surface area (TPSA) is 87.2 Å². The number of aryl methyl sites for hydroxylation is 2. The Morgan fingerprint density at radius 3 is 1.68 bits per heavy atom. The zero-order chi connectivity index (χ0) is 23.2. The molecule has 0 spiro atoms. The Kier molecular flexibility index (Phi) is 19.4. The molecule has 4 nitrogen and oxygen atoms in total. The quantitative estimate of drug-likeness (QED) is 0.104. The Morgan fingerprint density at radius 1 is 0.676 bits per heavy atom. The predicted octanol–water partition coefficient (Wildman–Crippen LogP) is 7.77. The average Bonchev–Trinajstić information content (AvgIpc) is 2.76. The molecule has 0 amide bonds. The van der Waals surface area contributed by atoms with Crippen LogP contribution in [-0.4, -0.2) is 67.3 Å². The molecule has 2 aromatic carbocycles. The summed E-state index contributed by atoms with van der Waals surface area (Å²) in [5.41, 5.74) is 1.82. The summed E-state index contributed by atoms with van der Waals surface area (Å²) >= 11 is 0. The van der Waals surface area contributed by atoms with Crippen LogP contribution in [0.4, 0.5) is 0 Å². The van der Waals surface area contributed by atoms with Crippen molar-refractivity contribution in [1.29, 1.82) is 0 Å². The number of hydrogen-bond acceptors (Lipinski definition) is 4. The van der Waals surface area contributed by atoms with E-state index in [1.54, 1.807) is 0 Å². The molecule has 0 atom stereocenters.